The molecule has 0 aliphatic rings. The molecule has 0 amide bonds. The molecule has 0 atom stereocenters. The van der Waals surface area contributed by atoms with Gasteiger partial charge in [-0.05, 0) is 23.7 Å². The first-order chi connectivity index (χ1) is 10.9. The van der Waals surface area contributed by atoms with Crippen molar-refractivity contribution in [3.05, 3.63) is 54.3 Å². The van der Waals surface area contributed by atoms with Gasteiger partial charge in [0.05, 0.1) is 0 Å². The highest BCUT2D eigenvalue weighted by molar-refractivity contribution is 7.80. The first kappa shape index (κ1) is 15.5. The Hall–Kier alpha value is -2.40. The molecule has 23 heavy (non-hydrogen) atoms. The predicted octanol–water partition coefficient (Wildman–Crippen LogP) is 4.93. The lowest BCUT2D eigenvalue weighted by Crippen LogP contribution is -2.19. The van der Waals surface area contributed by atoms with Gasteiger partial charge < -0.3 is 15.2 Å². The third kappa shape index (κ3) is 3.51. The van der Waals surface area contributed by atoms with Crippen LogP contribution < -0.4 is 10.6 Å². The van der Waals surface area contributed by atoms with Gasteiger partial charge >= 0.3 is 0 Å². The SMILES string of the molecule is CC(C)(C)c1cc(NC(=S)Nc2cccc3ccccc23)no1. The maximum absolute atomic E-state index is 5.38. The monoisotopic (exact) mass is 325 g/mol. The lowest BCUT2D eigenvalue weighted by atomic mass is 9.93. The summed E-state index contributed by atoms with van der Waals surface area (Å²) in [5, 5.41) is 13.1. The Morgan fingerprint density at radius 3 is 2.52 bits per heavy atom. The summed E-state index contributed by atoms with van der Waals surface area (Å²) in [5.41, 5.74) is 0.873. The summed E-state index contributed by atoms with van der Waals surface area (Å²) < 4.78 is 5.35. The number of benzene rings is 2. The van der Waals surface area contributed by atoms with Crippen LogP contribution in [0.1, 0.15) is 26.5 Å². The maximum Gasteiger partial charge on any atom is 0.176 e. The van der Waals surface area contributed by atoms with Crippen LogP contribution in [-0.4, -0.2) is 10.3 Å². The minimum atomic E-state index is -0.0857. The van der Waals surface area contributed by atoms with Crippen LogP contribution in [0.3, 0.4) is 0 Å². The third-order valence-electron chi connectivity index (χ3n) is 3.53. The summed E-state index contributed by atoms with van der Waals surface area (Å²) in [4.78, 5) is 0. The van der Waals surface area contributed by atoms with Crippen LogP contribution in [0.2, 0.25) is 0 Å². The van der Waals surface area contributed by atoms with E-state index in [-0.39, 0.29) is 5.41 Å². The van der Waals surface area contributed by atoms with E-state index in [0.29, 0.717) is 10.9 Å². The maximum atomic E-state index is 5.38. The summed E-state index contributed by atoms with van der Waals surface area (Å²) in [6.07, 6.45) is 0. The molecule has 4 nitrogen and oxygen atoms in total. The van der Waals surface area contributed by atoms with Gasteiger partial charge in [0.1, 0.15) is 5.76 Å². The summed E-state index contributed by atoms with van der Waals surface area (Å²) >= 11 is 5.38. The third-order valence-corrected chi connectivity index (χ3v) is 3.73. The second-order valence-electron chi connectivity index (χ2n) is 6.43. The number of fused-ring (bicyclic) bond motifs is 1. The van der Waals surface area contributed by atoms with E-state index >= 15 is 0 Å². The number of anilines is 2. The number of thiocarbonyl (C=S) groups is 1. The van der Waals surface area contributed by atoms with Gasteiger partial charge in [-0.2, -0.15) is 0 Å². The van der Waals surface area contributed by atoms with E-state index in [9.17, 15) is 0 Å². The van der Waals surface area contributed by atoms with E-state index in [1.165, 1.54) is 0 Å². The van der Waals surface area contributed by atoms with Crippen LogP contribution >= 0.6 is 12.2 Å². The van der Waals surface area contributed by atoms with Crippen molar-refractivity contribution in [1.29, 1.82) is 0 Å². The quantitative estimate of drug-likeness (QED) is 0.654. The largest absolute Gasteiger partial charge is 0.359 e. The molecule has 5 heteroatoms. The molecular formula is C18H19N3OS. The number of nitrogens with zero attached hydrogens (tertiary/aromatic N) is 1. The zero-order chi connectivity index (χ0) is 16.4. The van der Waals surface area contributed by atoms with E-state index in [1.54, 1.807) is 0 Å². The molecule has 0 unspecified atom stereocenters. The number of aromatic nitrogens is 1. The summed E-state index contributed by atoms with van der Waals surface area (Å²) in [7, 11) is 0. The van der Waals surface area contributed by atoms with Crippen molar-refractivity contribution in [3.8, 4) is 0 Å². The predicted molar refractivity (Wildman–Crippen MR) is 99.0 cm³/mol. The van der Waals surface area contributed by atoms with Gasteiger partial charge in [0.15, 0.2) is 10.9 Å². The highest BCUT2D eigenvalue weighted by atomic mass is 32.1. The van der Waals surface area contributed by atoms with Gasteiger partial charge in [0, 0.05) is 22.6 Å². The first-order valence-electron chi connectivity index (χ1n) is 7.46. The Balaban J connectivity index is 1.75. The summed E-state index contributed by atoms with van der Waals surface area (Å²) in [5.74, 6) is 1.42. The van der Waals surface area contributed by atoms with Crippen LogP contribution in [0.15, 0.2) is 53.1 Å². The second-order valence-corrected chi connectivity index (χ2v) is 6.84. The fourth-order valence-electron chi connectivity index (χ4n) is 2.29. The Bertz CT molecular complexity index is 843. The van der Waals surface area contributed by atoms with Gasteiger partial charge in [-0.1, -0.05) is 62.3 Å². The van der Waals surface area contributed by atoms with Crippen LogP contribution in [0.5, 0.6) is 0 Å². The molecule has 0 radical (unpaired) electrons. The molecule has 118 valence electrons. The number of rotatable bonds is 2. The van der Waals surface area contributed by atoms with Gasteiger partial charge in [0.25, 0.3) is 0 Å². The fourth-order valence-corrected chi connectivity index (χ4v) is 2.51. The first-order valence-corrected chi connectivity index (χ1v) is 7.87. The molecule has 0 saturated heterocycles. The van der Waals surface area contributed by atoms with Crippen molar-refractivity contribution >= 4 is 39.6 Å². The average Bonchev–Trinajstić information content (AvgIpc) is 2.96. The molecule has 0 aliphatic heterocycles. The Morgan fingerprint density at radius 1 is 1.04 bits per heavy atom. The Morgan fingerprint density at radius 2 is 1.78 bits per heavy atom. The fraction of sp³-hybridized carbons (Fsp3) is 0.222. The molecule has 0 spiro atoms. The standard InChI is InChI=1S/C18H19N3OS/c1-18(2,3)15-11-16(21-22-15)20-17(23)19-14-10-6-8-12-7-4-5-9-13(12)14/h4-11H,1-3H3,(H2,19,20,21,23). The van der Waals surface area contributed by atoms with Crippen LogP contribution in [-0.2, 0) is 5.41 Å². The molecule has 3 aromatic rings. The van der Waals surface area contributed by atoms with Crippen molar-refractivity contribution in [3.63, 3.8) is 0 Å². The zero-order valence-electron chi connectivity index (χ0n) is 13.4. The number of hydrogen-bond acceptors (Lipinski definition) is 3. The molecule has 1 aromatic heterocycles. The topological polar surface area (TPSA) is 50.1 Å². The molecule has 2 aromatic carbocycles. The molecule has 0 fully saturated rings. The number of nitrogens with one attached hydrogen (secondary N) is 2. The van der Waals surface area contributed by atoms with Crippen LogP contribution in [0.4, 0.5) is 11.5 Å². The van der Waals surface area contributed by atoms with E-state index in [2.05, 4.69) is 54.8 Å². The van der Waals surface area contributed by atoms with Crippen LogP contribution in [0, 0.1) is 0 Å². The summed E-state index contributed by atoms with van der Waals surface area (Å²) in [6, 6.07) is 16.1. The normalized spacial score (nSPS) is 11.4. The molecule has 1 heterocycles. The van der Waals surface area contributed by atoms with E-state index in [0.717, 1.165) is 22.2 Å². The molecule has 0 saturated carbocycles. The second kappa shape index (κ2) is 6.01. The Kier molecular flexibility index (Phi) is 4.05. The minimum Gasteiger partial charge on any atom is -0.359 e. The van der Waals surface area contributed by atoms with Crippen LogP contribution in [0.25, 0.3) is 10.8 Å². The van der Waals surface area contributed by atoms with Crippen molar-refractivity contribution < 1.29 is 4.52 Å². The summed E-state index contributed by atoms with van der Waals surface area (Å²) in [6.45, 7) is 6.22. The lowest BCUT2D eigenvalue weighted by Gasteiger charge is -2.12. The molecular weight excluding hydrogens is 306 g/mol. The van der Waals surface area contributed by atoms with Crippen molar-refractivity contribution in [1.82, 2.24) is 5.16 Å². The van der Waals surface area contributed by atoms with Gasteiger partial charge in [-0.25, -0.2) is 0 Å². The molecule has 3 rings (SSSR count). The minimum absolute atomic E-state index is 0.0857. The molecule has 0 bridgehead atoms. The lowest BCUT2D eigenvalue weighted by molar-refractivity contribution is 0.331. The smallest absolute Gasteiger partial charge is 0.176 e. The average molecular weight is 325 g/mol. The van der Waals surface area contributed by atoms with E-state index in [1.807, 2.05) is 30.3 Å². The highest BCUT2D eigenvalue weighted by Crippen LogP contribution is 2.25. The Labute approximate surface area is 140 Å². The van der Waals surface area contributed by atoms with Crippen molar-refractivity contribution in [2.24, 2.45) is 0 Å². The van der Waals surface area contributed by atoms with Gasteiger partial charge in [0.2, 0.25) is 0 Å². The van der Waals surface area contributed by atoms with Crippen molar-refractivity contribution in [2.75, 3.05) is 10.6 Å². The van der Waals surface area contributed by atoms with E-state index < -0.39 is 0 Å². The van der Waals surface area contributed by atoms with Gasteiger partial charge in [-0.3, -0.25) is 0 Å². The molecule has 2 N–H and O–H groups in total. The van der Waals surface area contributed by atoms with Crippen molar-refractivity contribution in [2.45, 2.75) is 26.2 Å². The highest BCUT2D eigenvalue weighted by Gasteiger charge is 2.19. The molecule has 0 aliphatic carbocycles. The zero-order valence-corrected chi connectivity index (χ0v) is 14.2. The number of hydrogen-bond donors (Lipinski definition) is 2. The van der Waals surface area contributed by atoms with E-state index in [4.69, 9.17) is 16.7 Å². The van der Waals surface area contributed by atoms with Gasteiger partial charge in [-0.15, -0.1) is 0 Å².